The maximum atomic E-state index is 12.8. The Kier molecular flexibility index (Phi) is 2.86. The lowest BCUT2D eigenvalue weighted by molar-refractivity contribution is 0.0990. The van der Waals surface area contributed by atoms with Gasteiger partial charge in [0.05, 0.1) is 6.04 Å². The summed E-state index contributed by atoms with van der Waals surface area (Å²) in [5.41, 5.74) is 5.93. The Hall–Kier alpha value is -2.24. The number of primary amides is 1. The van der Waals surface area contributed by atoms with Crippen LogP contribution in [0.15, 0.2) is 30.6 Å². The molecule has 88 valence electrons. The molecular weight excluding hydrogens is 223 g/mol. The van der Waals surface area contributed by atoms with Gasteiger partial charge in [-0.25, -0.2) is 14.1 Å². The number of hydrogen-bond donors (Lipinski definition) is 1. The van der Waals surface area contributed by atoms with Gasteiger partial charge in [0.1, 0.15) is 12.1 Å². The van der Waals surface area contributed by atoms with E-state index in [0.717, 1.165) is 5.56 Å². The van der Waals surface area contributed by atoms with E-state index in [9.17, 15) is 9.18 Å². The van der Waals surface area contributed by atoms with Gasteiger partial charge in [-0.05, 0) is 24.6 Å². The predicted molar refractivity (Wildman–Crippen MR) is 58.8 cm³/mol. The maximum Gasteiger partial charge on any atom is 0.288 e. The number of halogens is 1. The molecule has 0 aliphatic heterocycles. The van der Waals surface area contributed by atoms with Crippen molar-refractivity contribution in [2.75, 3.05) is 0 Å². The van der Waals surface area contributed by atoms with E-state index >= 15 is 0 Å². The van der Waals surface area contributed by atoms with Gasteiger partial charge in [-0.1, -0.05) is 12.1 Å². The summed E-state index contributed by atoms with van der Waals surface area (Å²) < 4.78 is 14.3. The summed E-state index contributed by atoms with van der Waals surface area (Å²) in [5.74, 6) is -0.994. The van der Waals surface area contributed by atoms with Crippen molar-refractivity contribution < 1.29 is 9.18 Å². The monoisotopic (exact) mass is 234 g/mol. The summed E-state index contributed by atoms with van der Waals surface area (Å²) in [6.07, 6.45) is 1.42. The van der Waals surface area contributed by atoms with Crippen LogP contribution in [-0.4, -0.2) is 20.7 Å². The number of aromatic nitrogens is 3. The number of carbonyl (C=O) groups is 1. The molecule has 0 fully saturated rings. The molecule has 0 aliphatic rings. The fourth-order valence-corrected chi connectivity index (χ4v) is 1.47. The highest BCUT2D eigenvalue weighted by Gasteiger charge is 2.12. The highest BCUT2D eigenvalue weighted by atomic mass is 19.1. The van der Waals surface area contributed by atoms with E-state index in [1.165, 1.54) is 23.1 Å². The number of amides is 1. The van der Waals surface area contributed by atoms with Crippen LogP contribution in [0.1, 0.15) is 29.1 Å². The fourth-order valence-electron chi connectivity index (χ4n) is 1.47. The molecule has 1 heterocycles. The summed E-state index contributed by atoms with van der Waals surface area (Å²) in [7, 11) is 0. The normalized spacial score (nSPS) is 12.4. The van der Waals surface area contributed by atoms with Crippen molar-refractivity contribution in [2.24, 2.45) is 5.73 Å². The molecule has 0 radical (unpaired) electrons. The molecule has 0 aliphatic carbocycles. The van der Waals surface area contributed by atoms with Crippen LogP contribution in [0.25, 0.3) is 0 Å². The van der Waals surface area contributed by atoms with Gasteiger partial charge >= 0.3 is 0 Å². The van der Waals surface area contributed by atoms with Crippen LogP contribution < -0.4 is 5.73 Å². The van der Waals surface area contributed by atoms with Gasteiger partial charge in [-0.2, -0.15) is 0 Å². The first-order valence-electron chi connectivity index (χ1n) is 5.04. The standard InChI is InChI=1S/C11H11FN4O/c1-7(8-2-4-9(12)5-3-8)16-6-14-11(15-16)10(13)17/h2-7H,1H3,(H2,13,17). The molecule has 1 atom stereocenters. The minimum Gasteiger partial charge on any atom is -0.363 e. The molecular formula is C11H11FN4O. The second-order valence-corrected chi connectivity index (χ2v) is 3.64. The van der Waals surface area contributed by atoms with E-state index < -0.39 is 5.91 Å². The van der Waals surface area contributed by atoms with Gasteiger partial charge in [-0.15, -0.1) is 5.10 Å². The van der Waals surface area contributed by atoms with Gasteiger partial charge < -0.3 is 5.73 Å². The average molecular weight is 234 g/mol. The van der Waals surface area contributed by atoms with Gasteiger partial charge in [0, 0.05) is 0 Å². The number of carbonyl (C=O) groups excluding carboxylic acids is 1. The number of hydrogen-bond acceptors (Lipinski definition) is 3. The molecule has 0 spiro atoms. The van der Waals surface area contributed by atoms with Crippen molar-refractivity contribution in [3.05, 3.63) is 47.8 Å². The molecule has 2 rings (SSSR count). The molecule has 2 aromatic rings. The Morgan fingerprint density at radius 2 is 2.06 bits per heavy atom. The quantitative estimate of drug-likeness (QED) is 0.864. The summed E-state index contributed by atoms with van der Waals surface area (Å²) in [4.78, 5) is 14.6. The zero-order valence-corrected chi connectivity index (χ0v) is 9.17. The Labute approximate surface area is 97.1 Å². The van der Waals surface area contributed by atoms with E-state index in [2.05, 4.69) is 10.1 Å². The van der Waals surface area contributed by atoms with E-state index in [1.54, 1.807) is 12.1 Å². The molecule has 1 aromatic heterocycles. The molecule has 1 unspecified atom stereocenters. The third-order valence-corrected chi connectivity index (χ3v) is 2.48. The minimum absolute atomic E-state index is 0.0287. The van der Waals surface area contributed by atoms with Crippen molar-refractivity contribution >= 4 is 5.91 Å². The maximum absolute atomic E-state index is 12.8. The smallest absolute Gasteiger partial charge is 0.288 e. The Morgan fingerprint density at radius 3 is 2.59 bits per heavy atom. The molecule has 6 heteroatoms. The number of rotatable bonds is 3. The van der Waals surface area contributed by atoms with Gasteiger partial charge in [-0.3, -0.25) is 4.79 Å². The number of nitrogens with zero attached hydrogens (tertiary/aromatic N) is 3. The van der Waals surface area contributed by atoms with Crippen molar-refractivity contribution in [1.29, 1.82) is 0 Å². The van der Waals surface area contributed by atoms with E-state index in [-0.39, 0.29) is 17.7 Å². The Balaban J connectivity index is 2.27. The predicted octanol–water partition coefficient (Wildman–Crippen LogP) is 1.13. The third kappa shape index (κ3) is 2.30. The number of nitrogens with two attached hydrogens (primary N) is 1. The second kappa shape index (κ2) is 4.32. The Morgan fingerprint density at radius 1 is 1.41 bits per heavy atom. The van der Waals surface area contributed by atoms with Crippen LogP contribution in [-0.2, 0) is 0 Å². The summed E-state index contributed by atoms with van der Waals surface area (Å²) in [6, 6.07) is 5.92. The summed E-state index contributed by atoms with van der Waals surface area (Å²) in [5, 5.41) is 3.95. The van der Waals surface area contributed by atoms with Gasteiger partial charge in [0.15, 0.2) is 0 Å². The average Bonchev–Trinajstić information content (AvgIpc) is 2.78. The molecule has 1 aromatic carbocycles. The van der Waals surface area contributed by atoms with Crippen molar-refractivity contribution in [2.45, 2.75) is 13.0 Å². The van der Waals surface area contributed by atoms with Gasteiger partial charge in [0.25, 0.3) is 5.91 Å². The second-order valence-electron chi connectivity index (χ2n) is 3.64. The lowest BCUT2D eigenvalue weighted by Gasteiger charge is -2.11. The van der Waals surface area contributed by atoms with Gasteiger partial charge in [0.2, 0.25) is 5.82 Å². The highest BCUT2D eigenvalue weighted by molar-refractivity contribution is 5.88. The van der Waals surface area contributed by atoms with E-state index in [4.69, 9.17) is 5.73 Å². The van der Waals surface area contributed by atoms with Crippen LogP contribution >= 0.6 is 0 Å². The van der Waals surface area contributed by atoms with Crippen LogP contribution in [0.2, 0.25) is 0 Å². The molecule has 5 nitrogen and oxygen atoms in total. The Bertz CT molecular complexity index is 535. The van der Waals surface area contributed by atoms with Crippen LogP contribution in [0.5, 0.6) is 0 Å². The first-order valence-corrected chi connectivity index (χ1v) is 5.04. The molecule has 0 saturated carbocycles. The fraction of sp³-hybridized carbons (Fsp3) is 0.182. The lowest BCUT2D eigenvalue weighted by atomic mass is 10.1. The first-order chi connectivity index (χ1) is 8.08. The lowest BCUT2D eigenvalue weighted by Crippen LogP contribution is -2.15. The molecule has 0 saturated heterocycles. The molecule has 17 heavy (non-hydrogen) atoms. The molecule has 2 N–H and O–H groups in total. The van der Waals surface area contributed by atoms with E-state index in [0.29, 0.717) is 0 Å². The van der Waals surface area contributed by atoms with Crippen molar-refractivity contribution in [3.63, 3.8) is 0 Å². The summed E-state index contributed by atoms with van der Waals surface area (Å²) in [6.45, 7) is 1.87. The topological polar surface area (TPSA) is 73.8 Å². The molecule has 0 bridgehead atoms. The minimum atomic E-state index is -0.671. The van der Waals surface area contributed by atoms with Crippen LogP contribution in [0, 0.1) is 5.82 Å². The van der Waals surface area contributed by atoms with Crippen LogP contribution in [0.3, 0.4) is 0 Å². The molecule has 1 amide bonds. The third-order valence-electron chi connectivity index (χ3n) is 2.48. The largest absolute Gasteiger partial charge is 0.363 e. The zero-order valence-electron chi connectivity index (χ0n) is 9.17. The number of benzene rings is 1. The van der Waals surface area contributed by atoms with Crippen molar-refractivity contribution in [1.82, 2.24) is 14.8 Å². The highest BCUT2D eigenvalue weighted by Crippen LogP contribution is 2.16. The van der Waals surface area contributed by atoms with Crippen molar-refractivity contribution in [3.8, 4) is 0 Å². The first kappa shape index (κ1) is 11.3. The SMILES string of the molecule is CC(c1ccc(F)cc1)n1cnc(C(N)=O)n1. The van der Waals surface area contributed by atoms with E-state index in [1.807, 2.05) is 6.92 Å². The zero-order chi connectivity index (χ0) is 12.4. The summed E-state index contributed by atoms with van der Waals surface area (Å²) >= 11 is 0. The van der Waals surface area contributed by atoms with Crippen LogP contribution in [0.4, 0.5) is 4.39 Å².